The van der Waals surface area contributed by atoms with Crippen molar-refractivity contribution in [2.45, 2.75) is 0 Å². The summed E-state index contributed by atoms with van der Waals surface area (Å²) in [6, 6.07) is 7.03. The normalized spacial score (nSPS) is 8.08. The molecule has 64 valence electrons. The number of hydrogen-bond acceptors (Lipinski definition) is 3. The van der Waals surface area contributed by atoms with Crippen molar-refractivity contribution in [3.8, 4) is 11.8 Å². The van der Waals surface area contributed by atoms with E-state index >= 15 is 0 Å². The Morgan fingerprint density at radius 1 is 1.31 bits per heavy atom. The lowest BCUT2D eigenvalue weighted by atomic mass is 10.2. The summed E-state index contributed by atoms with van der Waals surface area (Å²) >= 11 is 3.96. The molecule has 0 aromatic heterocycles. The van der Waals surface area contributed by atoms with Crippen LogP contribution in [0.3, 0.4) is 0 Å². The molecule has 0 spiro atoms. The lowest BCUT2D eigenvalue weighted by Gasteiger charge is -1.90. The molecule has 0 unspecified atom stereocenters. The van der Waals surface area contributed by atoms with Crippen LogP contribution >= 0.6 is 12.6 Å². The first-order chi connectivity index (χ1) is 6.36. The highest BCUT2D eigenvalue weighted by Crippen LogP contribution is 2.10. The van der Waals surface area contributed by atoms with Crippen molar-refractivity contribution in [2.75, 3.05) is 5.75 Å². The van der Waals surface area contributed by atoms with Gasteiger partial charge in [0, 0.05) is 5.56 Å². The van der Waals surface area contributed by atoms with Crippen molar-refractivity contribution in [3.05, 3.63) is 29.8 Å². The van der Waals surface area contributed by atoms with Crippen LogP contribution in [-0.2, 0) is 4.79 Å². The van der Waals surface area contributed by atoms with Crippen molar-refractivity contribution in [1.82, 2.24) is 0 Å². The summed E-state index contributed by atoms with van der Waals surface area (Å²) in [5, 5.41) is 0. The van der Waals surface area contributed by atoms with Crippen molar-refractivity contribution in [1.29, 1.82) is 0 Å². The van der Waals surface area contributed by atoms with Gasteiger partial charge in [-0.2, -0.15) is 17.6 Å². The first-order valence-corrected chi connectivity index (χ1v) is 4.27. The van der Waals surface area contributed by atoms with E-state index in [9.17, 15) is 4.79 Å². The number of benzene rings is 1. The van der Waals surface area contributed by atoms with E-state index in [2.05, 4.69) is 29.5 Å². The van der Waals surface area contributed by atoms with E-state index in [-0.39, 0.29) is 0 Å². The second-order valence-electron chi connectivity index (χ2n) is 2.21. The van der Waals surface area contributed by atoms with Gasteiger partial charge >= 0.3 is 0 Å². The summed E-state index contributed by atoms with van der Waals surface area (Å²) < 4.78 is 0. The van der Waals surface area contributed by atoms with Crippen LogP contribution in [0.4, 0.5) is 5.69 Å². The van der Waals surface area contributed by atoms with E-state index in [1.807, 2.05) is 0 Å². The highest BCUT2D eigenvalue weighted by Gasteiger charge is 1.88. The Balaban J connectivity index is 2.87. The molecule has 0 aliphatic carbocycles. The SMILES string of the molecule is O=C=Nc1ccc(C#CCS)cc1. The topological polar surface area (TPSA) is 29.4 Å². The highest BCUT2D eigenvalue weighted by atomic mass is 32.1. The highest BCUT2D eigenvalue weighted by molar-refractivity contribution is 7.80. The summed E-state index contributed by atoms with van der Waals surface area (Å²) in [5.41, 5.74) is 1.48. The maximum absolute atomic E-state index is 9.90. The smallest absolute Gasteiger partial charge is 0.211 e. The van der Waals surface area contributed by atoms with Crippen LogP contribution in [0.25, 0.3) is 0 Å². The van der Waals surface area contributed by atoms with Crippen molar-refractivity contribution in [2.24, 2.45) is 4.99 Å². The lowest BCUT2D eigenvalue weighted by molar-refractivity contribution is 0.565. The van der Waals surface area contributed by atoms with Gasteiger partial charge in [0.15, 0.2) is 0 Å². The molecule has 1 aromatic carbocycles. The molecule has 0 amide bonds. The van der Waals surface area contributed by atoms with E-state index in [1.54, 1.807) is 24.3 Å². The molecule has 1 aromatic rings. The van der Waals surface area contributed by atoms with Gasteiger partial charge in [0.2, 0.25) is 6.08 Å². The number of thiol groups is 1. The Morgan fingerprint density at radius 2 is 2.00 bits per heavy atom. The lowest BCUT2D eigenvalue weighted by Crippen LogP contribution is -1.72. The maximum atomic E-state index is 9.90. The molecule has 0 atom stereocenters. The Hall–Kier alpha value is -1.49. The number of aliphatic imine (C=N–C) groups is 1. The van der Waals surface area contributed by atoms with E-state index in [4.69, 9.17) is 0 Å². The molecular weight excluding hydrogens is 182 g/mol. The monoisotopic (exact) mass is 189 g/mol. The third kappa shape index (κ3) is 3.16. The van der Waals surface area contributed by atoms with Gasteiger partial charge in [-0.05, 0) is 24.3 Å². The average Bonchev–Trinajstić information content (AvgIpc) is 2.17. The average molecular weight is 189 g/mol. The Bertz CT molecular complexity index is 380. The number of nitrogens with zero attached hydrogens (tertiary/aromatic N) is 1. The molecule has 0 heterocycles. The van der Waals surface area contributed by atoms with E-state index in [0.717, 1.165) is 5.56 Å². The first kappa shape index (κ1) is 9.60. The summed E-state index contributed by atoms with van der Waals surface area (Å²) in [6.07, 6.45) is 1.47. The number of rotatable bonds is 1. The van der Waals surface area contributed by atoms with Crippen molar-refractivity contribution in [3.63, 3.8) is 0 Å². The largest absolute Gasteiger partial charge is 0.240 e. The van der Waals surface area contributed by atoms with Crippen LogP contribution in [0.5, 0.6) is 0 Å². The minimum absolute atomic E-state index is 0.536. The predicted molar refractivity (Wildman–Crippen MR) is 55.0 cm³/mol. The van der Waals surface area contributed by atoms with Crippen LogP contribution in [0.1, 0.15) is 5.56 Å². The van der Waals surface area contributed by atoms with Gasteiger partial charge in [0.05, 0.1) is 11.4 Å². The third-order valence-corrected chi connectivity index (χ3v) is 1.51. The number of carbonyl (C=O) groups excluding carboxylic acids is 1. The van der Waals surface area contributed by atoms with Crippen LogP contribution in [0.15, 0.2) is 29.3 Å². The van der Waals surface area contributed by atoms with E-state index in [0.29, 0.717) is 11.4 Å². The quantitative estimate of drug-likeness (QED) is 0.311. The van der Waals surface area contributed by atoms with Crippen LogP contribution in [0.2, 0.25) is 0 Å². The first-order valence-electron chi connectivity index (χ1n) is 3.64. The fraction of sp³-hybridized carbons (Fsp3) is 0.100. The second kappa shape index (κ2) is 5.21. The minimum Gasteiger partial charge on any atom is -0.211 e. The second-order valence-corrected chi connectivity index (χ2v) is 2.53. The zero-order chi connectivity index (χ0) is 9.52. The van der Waals surface area contributed by atoms with Crippen LogP contribution < -0.4 is 0 Å². The minimum atomic E-state index is 0.536. The van der Waals surface area contributed by atoms with Crippen LogP contribution in [-0.4, -0.2) is 11.8 Å². The fourth-order valence-corrected chi connectivity index (χ4v) is 0.893. The van der Waals surface area contributed by atoms with Crippen molar-refractivity contribution >= 4 is 24.4 Å². The molecular formula is C10H7NOS. The number of isocyanates is 1. The molecule has 0 aliphatic rings. The molecule has 0 N–H and O–H groups in total. The number of hydrogen-bond donors (Lipinski definition) is 1. The molecule has 0 aliphatic heterocycles. The summed E-state index contributed by atoms with van der Waals surface area (Å²) in [6.45, 7) is 0. The molecule has 13 heavy (non-hydrogen) atoms. The van der Waals surface area contributed by atoms with E-state index in [1.165, 1.54) is 6.08 Å². The molecule has 0 saturated heterocycles. The van der Waals surface area contributed by atoms with Gasteiger partial charge in [0.25, 0.3) is 0 Å². The zero-order valence-electron chi connectivity index (χ0n) is 6.82. The Labute approximate surface area is 82.1 Å². The van der Waals surface area contributed by atoms with Gasteiger partial charge in [0.1, 0.15) is 0 Å². The van der Waals surface area contributed by atoms with Gasteiger partial charge in [-0.1, -0.05) is 11.8 Å². The predicted octanol–water partition coefficient (Wildman–Crippen LogP) is 1.94. The van der Waals surface area contributed by atoms with Crippen LogP contribution in [0, 0.1) is 11.8 Å². The maximum Gasteiger partial charge on any atom is 0.240 e. The molecule has 0 radical (unpaired) electrons. The Kier molecular flexibility index (Phi) is 3.84. The van der Waals surface area contributed by atoms with Gasteiger partial charge in [-0.3, -0.25) is 0 Å². The van der Waals surface area contributed by atoms with Gasteiger partial charge < -0.3 is 0 Å². The summed E-state index contributed by atoms with van der Waals surface area (Å²) in [7, 11) is 0. The molecule has 0 saturated carbocycles. The molecule has 0 fully saturated rings. The molecule has 2 nitrogen and oxygen atoms in total. The summed E-state index contributed by atoms with van der Waals surface area (Å²) in [5.74, 6) is 6.26. The third-order valence-electron chi connectivity index (χ3n) is 1.35. The molecule has 0 bridgehead atoms. The standard InChI is InChI=1S/C10H7NOS/c12-8-11-10-5-3-9(4-6-10)2-1-7-13/h3-6,13H,7H2. The Morgan fingerprint density at radius 3 is 2.54 bits per heavy atom. The fourth-order valence-electron chi connectivity index (χ4n) is 0.814. The molecule has 3 heteroatoms. The summed E-state index contributed by atoms with van der Waals surface area (Å²) in [4.78, 5) is 13.4. The molecule has 1 rings (SSSR count). The zero-order valence-corrected chi connectivity index (χ0v) is 7.71. The van der Waals surface area contributed by atoms with E-state index < -0.39 is 0 Å². The van der Waals surface area contributed by atoms with Gasteiger partial charge in [-0.15, -0.1) is 0 Å². The van der Waals surface area contributed by atoms with Crippen molar-refractivity contribution < 1.29 is 4.79 Å². The van der Waals surface area contributed by atoms with Gasteiger partial charge in [-0.25, -0.2) is 4.79 Å².